The number of nitrogens with zero attached hydrogens (tertiary/aromatic N) is 3. The van der Waals surface area contributed by atoms with E-state index in [1.165, 1.54) is 12.1 Å². The van der Waals surface area contributed by atoms with Crippen molar-refractivity contribution in [2.45, 2.75) is 21.6 Å². The molecule has 10 heteroatoms. The largest absolute Gasteiger partial charge is 0.493 e. The number of rotatable bonds is 9. The van der Waals surface area contributed by atoms with Crippen molar-refractivity contribution in [3.63, 3.8) is 0 Å². The molecule has 0 radical (unpaired) electrons. The number of methoxy groups -OCH3 is 2. The fourth-order valence-corrected chi connectivity index (χ4v) is 5.34. The fourth-order valence-electron chi connectivity index (χ4n) is 3.44. The van der Waals surface area contributed by atoms with E-state index in [2.05, 4.69) is 4.98 Å². The predicted octanol–water partition coefficient (Wildman–Crippen LogP) is 6.76. The van der Waals surface area contributed by atoms with Crippen LogP contribution in [-0.4, -0.2) is 23.8 Å². The SMILES string of the molecule is COc1ccc(SCc2cnc(SCc3c(F)cc(C#N)cc3F)n2-c2ccc(F)cc2)cc1OC. The lowest BCUT2D eigenvalue weighted by Crippen LogP contribution is -2.02. The van der Waals surface area contributed by atoms with Gasteiger partial charge in [-0.1, -0.05) is 11.8 Å². The molecule has 1 aromatic heterocycles. The fraction of sp³-hybridized carbons (Fsp3) is 0.154. The Morgan fingerprint density at radius 1 is 0.889 bits per heavy atom. The van der Waals surface area contributed by atoms with Crippen LogP contribution in [0.1, 0.15) is 16.8 Å². The van der Waals surface area contributed by atoms with E-state index in [0.29, 0.717) is 28.1 Å². The molecule has 0 unspecified atom stereocenters. The zero-order chi connectivity index (χ0) is 25.7. The van der Waals surface area contributed by atoms with Gasteiger partial charge in [-0.3, -0.25) is 4.57 Å². The van der Waals surface area contributed by atoms with Crippen molar-refractivity contribution in [1.82, 2.24) is 9.55 Å². The van der Waals surface area contributed by atoms with Crippen LogP contribution >= 0.6 is 23.5 Å². The van der Waals surface area contributed by atoms with E-state index in [9.17, 15) is 13.2 Å². The maximum Gasteiger partial charge on any atom is 0.173 e. The van der Waals surface area contributed by atoms with Gasteiger partial charge in [0.1, 0.15) is 17.5 Å². The van der Waals surface area contributed by atoms with Crippen LogP contribution in [0, 0.1) is 28.8 Å². The molecule has 0 saturated heterocycles. The Bertz CT molecular complexity index is 1400. The third-order valence-electron chi connectivity index (χ3n) is 5.24. The minimum absolute atomic E-state index is 0.0379. The van der Waals surface area contributed by atoms with Crippen LogP contribution in [0.4, 0.5) is 13.2 Å². The van der Waals surface area contributed by atoms with Crippen LogP contribution in [-0.2, 0) is 11.5 Å². The number of nitriles is 1. The van der Waals surface area contributed by atoms with E-state index in [1.54, 1.807) is 50.4 Å². The van der Waals surface area contributed by atoms with Crippen LogP contribution in [0.3, 0.4) is 0 Å². The molecule has 0 aliphatic rings. The number of hydrogen-bond donors (Lipinski definition) is 0. The number of imidazole rings is 1. The van der Waals surface area contributed by atoms with Gasteiger partial charge in [0, 0.05) is 27.7 Å². The highest BCUT2D eigenvalue weighted by atomic mass is 32.2. The highest BCUT2D eigenvalue weighted by molar-refractivity contribution is 7.98. The maximum atomic E-state index is 14.4. The summed E-state index contributed by atoms with van der Waals surface area (Å²) in [6.45, 7) is 0. The van der Waals surface area contributed by atoms with Crippen LogP contribution in [0.25, 0.3) is 5.69 Å². The van der Waals surface area contributed by atoms with Crippen molar-refractivity contribution >= 4 is 23.5 Å². The molecule has 4 aromatic rings. The average Bonchev–Trinajstić information content (AvgIpc) is 3.29. The standard InChI is InChI=1S/C26H20F3N3O2S2/c1-33-24-8-7-20(11-25(24)34-2)35-14-19-13-31-26(32(19)18-5-3-17(27)4-6-18)36-15-21-22(28)9-16(12-30)10-23(21)29/h3-11,13H,14-15H2,1-2H3. The van der Waals surface area contributed by atoms with Crippen molar-refractivity contribution < 1.29 is 22.6 Å². The monoisotopic (exact) mass is 527 g/mol. The number of thioether (sulfide) groups is 2. The van der Waals surface area contributed by atoms with Crippen molar-refractivity contribution in [1.29, 1.82) is 5.26 Å². The molecule has 0 aliphatic heterocycles. The molecule has 4 rings (SSSR count). The third-order valence-corrected chi connectivity index (χ3v) is 7.25. The molecular formula is C26H20F3N3O2S2. The van der Waals surface area contributed by atoms with E-state index in [0.717, 1.165) is 34.5 Å². The maximum absolute atomic E-state index is 14.4. The summed E-state index contributed by atoms with van der Waals surface area (Å²) >= 11 is 2.68. The van der Waals surface area contributed by atoms with Gasteiger partial charge in [-0.2, -0.15) is 5.26 Å². The van der Waals surface area contributed by atoms with Gasteiger partial charge in [-0.25, -0.2) is 18.2 Å². The molecule has 0 N–H and O–H groups in total. The Morgan fingerprint density at radius 2 is 1.58 bits per heavy atom. The van der Waals surface area contributed by atoms with Gasteiger partial charge >= 0.3 is 0 Å². The lowest BCUT2D eigenvalue weighted by atomic mass is 10.1. The molecular weight excluding hydrogens is 507 g/mol. The van der Waals surface area contributed by atoms with E-state index < -0.39 is 11.6 Å². The second kappa shape index (κ2) is 11.5. The number of hydrogen-bond acceptors (Lipinski definition) is 6. The molecule has 0 atom stereocenters. The highest BCUT2D eigenvalue weighted by Crippen LogP contribution is 2.35. The summed E-state index contributed by atoms with van der Waals surface area (Å²) in [6, 6.07) is 15.3. The molecule has 0 fully saturated rings. The first-order valence-corrected chi connectivity index (χ1v) is 12.6. The zero-order valence-corrected chi connectivity index (χ0v) is 20.9. The first kappa shape index (κ1) is 25.5. The lowest BCUT2D eigenvalue weighted by Gasteiger charge is -2.13. The second-order valence-corrected chi connectivity index (χ2v) is 9.46. The number of benzene rings is 3. The predicted molar refractivity (Wildman–Crippen MR) is 133 cm³/mol. The molecule has 36 heavy (non-hydrogen) atoms. The average molecular weight is 528 g/mol. The van der Waals surface area contributed by atoms with Crippen LogP contribution in [0.5, 0.6) is 11.5 Å². The normalized spacial score (nSPS) is 10.8. The van der Waals surface area contributed by atoms with Crippen molar-refractivity contribution in [2.75, 3.05) is 14.2 Å². The summed E-state index contributed by atoms with van der Waals surface area (Å²) < 4.78 is 54.9. The Labute approximate surface area is 214 Å². The summed E-state index contributed by atoms with van der Waals surface area (Å²) in [5.41, 5.74) is 1.25. The van der Waals surface area contributed by atoms with Crippen molar-refractivity contribution in [3.05, 3.63) is 95.1 Å². The van der Waals surface area contributed by atoms with Gasteiger partial charge in [0.2, 0.25) is 0 Å². The lowest BCUT2D eigenvalue weighted by molar-refractivity contribution is 0.354. The van der Waals surface area contributed by atoms with Gasteiger partial charge in [-0.15, -0.1) is 11.8 Å². The molecule has 0 bridgehead atoms. The van der Waals surface area contributed by atoms with Gasteiger partial charge in [0.05, 0.1) is 37.7 Å². The Hall–Kier alpha value is -3.55. The minimum Gasteiger partial charge on any atom is -0.493 e. The Morgan fingerprint density at radius 3 is 2.22 bits per heavy atom. The molecule has 3 aromatic carbocycles. The first-order chi connectivity index (χ1) is 17.4. The summed E-state index contributed by atoms with van der Waals surface area (Å²) in [5.74, 6) is -0.247. The molecule has 5 nitrogen and oxygen atoms in total. The summed E-state index contributed by atoms with van der Waals surface area (Å²) in [7, 11) is 3.14. The molecule has 0 saturated carbocycles. The van der Waals surface area contributed by atoms with E-state index in [-0.39, 0.29) is 22.7 Å². The van der Waals surface area contributed by atoms with Crippen molar-refractivity contribution in [2.24, 2.45) is 0 Å². The van der Waals surface area contributed by atoms with E-state index in [4.69, 9.17) is 14.7 Å². The Kier molecular flexibility index (Phi) is 8.13. The summed E-state index contributed by atoms with van der Waals surface area (Å²) in [4.78, 5) is 5.41. The van der Waals surface area contributed by atoms with Gasteiger partial charge < -0.3 is 9.47 Å². The van der Waals surface area contributed by atoms with Crippen LogP contribution in [0.2, 0.25) is 0 Å². The second-order valence-electron chi connectivity index (χ2n) is 7.47. The number of aromatic nitrogens is 2. The Balaban J connectivity index is 1.61. The topological polar surface area (TPSA) is 60.1 Å². The van der Waals surface area contributed by atoms with Crippen LogP contribution < -0.4 is 9.47 Å². The van der Waals surface area contributed by atoms with Gasteiger partial charge in [-0.05, 0) is 54.6 Å². The number of halogens is 3. The van der Waals surface area contributed by atoms with E-state index in [1.807, 2.05) is 22.8 Å². The van der Waals surface area contributed by atoms with Gasteiger partial charge in [0.15, 0.2) is 16.7 Å². The summed E-state index contributed by atoms with van der Waals surface area (Å²) in [5, 5.41) is 9.41. The third kappa shape index (κ3) is 5.64. The van der Waals surface area contributed by atoms with Crippen LogP contribution in [0.15, 0.2) is 70.8 Å². The number of ether oxygens (including phenoxy) is 2. The summed E-state index contributed by atoms with van der Waals surface area (Å²) in [6.07, 6.45) is 1.69. The van der Waals surface area contributed by atoms with E-state index >= 15 is 0 Å². The first-order valence-electron chi connectivity index (χ1n) is 10.6. The molecule has 0 amide bonds. The quantitative estimate of drug-likeness (QED) is 0.224. The zero-order valence-electron chi connectivity index (χ0n) is 19.3. The molecule has 0 spiro atoms. The van der Waals surface area contributed by atoms with Crippen molar-refractivity contribution in [3.8, 4) is 23.3 Å². The molecule has 1 heterocycles. The molecule has 184 valence electrons. The molecule has 0 aliphatic carbocycles. The minimum atomic E-state index is -0.789. The highest BCUT2D eigenvalue weighted by Gasteiger charge is 2.17. The smallest absolute Gasteiger partial charge is 0.173 e. The van der Waals surface area contributed by atoms with Gasteiger partial charge in [0.25, 0.3) is 0 Å².